The average molecular weight is 288 g/mol. The maximum absolute atomic E-state index is 11.7. The predicted molar refractivity (Wildman–Crippen MR) is 73.5 cm³/mol. The molecule has 1 atom stereocenters. The van der Waals surface area contributed by atoms with E-state index in [-0.39, 0.29) is 37.9 Å². The number of amides is 1. The summed E-state index contributed by atoms with van der Waals surface area (Å²) in [6.45, 7) is 4.58. The number of nitrogens with zero attached hydrogens (tertiary/aromatic N) is 1. The fourth-order valence-electron chi connectivity index (χ4n) is 1.60. The van der Waals surface area contributed by atoms with Gasteiger partial charge in [0.1, 0.15) is 0 Å². The third-order valence-electron chi connectivity index (χ3n) is 2.89. The van der Waals surface area contributed by atoms with Crippen LogP contribution >= 0.6 is 0 Å². The van der Waals surface area contributed by atoms with Gasteiger partial charge in [-0.25, -0.2) is 0 Å². The van der Waals surface area contributed by atoms with E-state index in [9.17, 15) is 14.4 Å². The molecule has 0 aromatic heterocycles. The van der Waals surface area contributed by atoms with Crippen molar-refractivity contribution in [3.8, 4) is 0 Å². The van der Waals surface area contributed by atoms with E-state index in [2.05, 4.69) is 5.32 Å². The lowest BCUT2D eigenvalue weighted by Gasteiger charge is -2.21. The molecule has 7 heteroatoms. The second-order valence-corrected chi connectivity index (χ2v) is 4.79. The van der Waals surface area contributed by atoms with Gasteiger partial charge < -0.3 is 15.5 Å². The summed E-state index contributed by atoms with van der Waals surface area (Å²) in [5.41, 5.74) is 0. The van der Waals surface area contributed by atoms with Crippen molar-refractivity contribution in [3.63, 3.8) is 0 Å². The Kier molecular flexibility index (Phi) is 9.36. The van der Waals surface area contributed by atoms with Crippen LogP contribution in [0.4, 0.5) is 0 Å². The summed E-state index contributed by atoms with van der Waals surface area (Å²) in [5, 5.41) is 20.1. The number of aliphatic carboxylic acids is 2. The zero-order valence-corrected chi connectivity index (χ0v) is 12.1. The molecule has 0 saturated heterocycles. The number of rotatable bonds is 11. The zero-order chi connectivity index (χ0) is 15.5. The quantitative estimate of drug-likeness (QED) is 0.512. The largest absolute Gasteiger partial charge is 0.481 e. The highest BCUT2D eigenvalue weighted by atomic mass is 16.4. The van der Waals surface area contributed by atoms with Gasteiger partial charge in [0.2, 0.25) is 5.91 Å². The molecule has 0 spiro atoms. The molecule has 1 amide bonds. The molecule has 1 unspecified atom stereocenters. The zero-order valence-electron chi connectivity index (χ0n) is 12.1. The fraction of sp³-hybridized carbons (Fsp3) is 0.769. The molecular weight excluding hydrogens is 264 g/mol. The topological polar surface area (TPSA) is 107 Å². The summed E-state index contributed by atoms with van der Waals surface area (Å²) in [6, 6.07) is 0.0721. The maximum Gasteiger partial charge on any atom is 0.304 e. The Morgan fingerprint density at radius 2 is 1.70 bits per heavy atom. The number of carbonyl (C=O) groups excluding carboxylic acids is 1. The Morgan fingerprint density at radius 3 is 2.20 bits per heavy atom. The van der Waals surface area contributed by atoms with E-state index in [0.717, 1.165) is 6.42 Å². The van der Waals surface area contributed by atoms with Crippen molar-refractivity contribution in [1.29, 1.82) is 0 Å². The van der Waals surface area contributed by atoms with Crippen LogP contribution in [0.25, 0.3) is 0 Å². The molecule has 0 radical (unpaired) electrons. The maximum atomic E-state index is 11.7. The summed E-state index contributed by atoms with van der Waals surface area (Å²) in [5.74, 6) is -2.00. The molecule has 0 aliphatic carbocycles. The summed E-state index contributed by atoms with van der Waals surface area (Å²) in [7, 11) is 0. The second kappa shape index (κ2) is 10.2. The molecule has 0 aromatic carbocycles. The van der Waals surface area contributed by atoms with Gasteiger partial charge in [-0.2, -0.15) is 0 Å². The van der Waals surface area contributed by atoms with Gasteiger partial charge in [-0.3, -0.25) is 19.3 Å². The first-order valence-electron chi connectivity index (χ1n) is 6.80. The Morgan fingerprint density at radius 1 is 1.10 bits per heavy atom. The number of nitrogens with one attached hydrogen (secondary N) is 1. The smallest absolute Gasteiger partial charge is 0.304 e. The number of hydrogen-bond donors (Lipinski definition) is 3. The first-order valence-corrected chi connectivity index (χ1v) is 6.80. The van der Waals surface area contributed by atoms with Crippen molar-refractivity contribution < 1.29 is 24.6 Å². The number of carboxylic acid groups (broad SMARTS) is 2. The van der Waals surface area contributed by atoms with Crippen molar-refractivity contribution in [2.24, 2.45) is 0 Å². The molecule has 0 aliphatic heterocycles. The highest BCUT2D eigenvalue weighted by molar-refractivity contribution is 5.78. The van der Waals surface area contributed by atoms with E-state index in [1.165, 1.54) is 0 Å². The molecule has 0 fully saturated rings. The van der Waals surface area contributed by atoms with Crippen LogP contribution in [0.15, 0.2) is 0 Å². The predicted octanol–water partition coefficient (Wildman–Crippen LogP) is 0.543. The van der Waals surface area contributed by atoms with Crippen LogP contribution in [0.3, 0.4) is 0 Å². The Bertz CT molecular complexity index is 333. The van der Waals surface area contributed by atoms with Gasteiger partial charge in [-0.15, -0.1) is 0 Å². The lowest BCUT2D eigenvalue weighted by atomic mass is 10.2. The molecule has 7 nitrogen and oxygen atoms in total. The summed E-state index contributed by atoms with van der Waals surface area (Å²) in [6.07, 6.45) is 1.16. The SMILES string of the molecule is CCC(C)NC(=O)CN(CCCC(=O)O)CCC(=O)O. The molecule has 0 saturated carbocycles. The first kappa shape index (κ1) is 18.4. The second-order valence-electron chi connectivity index (χ2n) is 4.79. The summed E-state index contributed by atoms with van der Waals surface area (Å²) in [4.78, 5) is 34.5. The van der Waals surface area contributed by atoms with Crippen LogP contribution in [0.2, 0.25) is 0 Å². The number of carbonyl (C=O) groups is 3. The highest BCUT2D eigenvalue weighted by Gasteiger charge is 2.14. The Hall–Kier alpha value is -1.63. The minimum absolute atomic E-state index is 0.0105. The van der Waals surface area contributed by atoms with Crippen molar-refractivity contribution in [1.82, 2.24) is 10.2 Å². The van der Waals surface area contributed by atoms with Gasteiger partial charge in [0, 0.05) is 19.0 Å². The van der Waals surface area contributed by atoms with E-state index in [4.69, 9.17) is 10.2 Å². The van der Waals surface area contributed by atoms with E-state index >= 15 is 0 Å². The molecule has 20 heavy (non-hydrogen) atoms. The van der Waals surface area contributed by atoms with Gasteiger partial charge in [0.25, 0.3) is 0 Å². The molecule has 0 heterocycles. The monoisotopic (exact) mass is 288 g/mol. The van der Waals surface area contributed by atoms with Gasteiger partial charge in [0.15, 0.2) is 0 Å². The first-order chi connectivity index (χ1) is 9.35. The van der Waals surface area contributed by atoms with Gasteiger partial charge in [-0.05, 0) is 26.3 Å². The lowest BCUT2D eigenvalue weighted by Crippen LogP contribution is -2.42. The third-order valence-corrected chi connectivity index (χ3v) is 2.89. The molecule has 116 valence electrons. The van der Waals surface area contributed by atoms with Crippen LogP contribution in [0, 0.1) is 0 Å². The molecule has 0 aliphatic rings. The van der Waals surface area contributed by atoms with E-state index in [1.807, 2.05) is 13.8 Å². The van der Waals surface area contributed by atoms with Crippen LogP contribution in [0.5, 0.6) is 0 Å². The average Bonchev–Trinajstić information content (AvgIpc) is 2.34. The molecule has 0 bridgehead atoms. The lowest BCUT2D eigenvalue weighted by molar-refractivity contribution is -0.139. The standard InChI is InChI=1S/C13H24N2O5/c1-3-10(2)14-11(16)9-15(8-6-13(19)20)7-4-5-12(17)18/h10H,3-9H2,1-2H3,(H,14,16)(H,17,18)(H,19,20). The summed E-state index contributed by atoms with van der Waals surface area (Å²) >= 11 is 0. The van der Waals surface area contributed by atoms with Gasteiger partial charge in [-0.1, -0.05) is 6.92 Å². The van der Waals surface area contributed by atoms with E-state index in [1.54, 1.807) is 4.90 Å². The Labute approximate surface area is 119 Å². The minimum Gasteiger partial charge on any atom is -0.481 e. The van der Waals surface area contributed by atoms with Crippen LogP contribution in [0.1, 0.15) is 39.5 Å². The van der Waals surface area contributed by atoms with E-state index < -0.39 is 11.9 Å². The fourth-order valence-corrected chi connectivity index (χ4v) is 1.60. The van der Waals surface area contributed by atoms with Gasteiger partial charge in [0.05, 0.1) is 13.0 Å². The molecular formula is C13H24N2O5. The van der Waals surface area contributed by atoms with Crippen molar-refractivity contribution in [2.45, 2.75) is 45.6 Å². The minimum atomic E-state index is -0.935. The van der Waals surface area contributed by atoms with Crippen LogP contribution < -0.4 is 5.32 Å². The third kappa shape index (κ3) is 10.3. The molecule has 0 rings (SSSR count). The normalized spacial score (nSPS) is 12.2. The van der Waals surface area contributed by atoms with Gasteiger partial charge >= 0.3 is 11.9 Å². The molecule has 0 aromatic rings. The number of carboxylic acids is 2. The van der Waals surface area contributed by atoms with Crippen molar-refractivity contribution >= 4 is 17.8 Å². The van der Waals surface area contributed by atoms with Crippen LogP contribution in [-0.2, 0) is 14.4 Å². The highest BCUT2D eigenvalue weighted by Crippen LogP contribution is 1.99. The molecule has 3 N–H and O–H groups in total. The summed E-state index contributed by atoms with van der Waals surface area (Å²) < 4.78 is 0. The van der Waals surface area contributed by atoms with Crippen molar-refractivity contribution in [3.05, 3.63) is 0 Å². The Balaban J connectivity index is 4.24. The van der Waals surface area contributed by atoms with E-state index in [0.29, 0.717) is 13.0 Å². The number of hydrogen-bond acceptors (Lipinski definition) is 4. The van der Waals surface area contributed by atoms with Crippen molar-refractivity contribution in [2.75, 3.05) is 19.6 Å². The van der Waals surface area contributed by atoms with Crippen LogP contribution in [-0.4, -0.2) is 58.6 Å².